The molecule has 0 bridgehead atoms. The normalized spacial score (nSPS) is 10.6. The average molecular weight is 1080 g/mol. The Bertz CT molecular complexity index is 3420. The molecule has 0 spiro atoms. The molecule has 0 aliphatic rings. The first-order valence-corrected chi connectivity index (χ1v) is 22.6. The lowest BCUT2D eigenvalue weighted by atomic mass is 10.1. The van der Waals surface area contributed by atoms with Crippen LogP contribution in [-0.4, -0.2) is 114 Å². The van der Waals surface area contributed by atoms with Gasteiger partial charge in [0, 0.05) is 17.7 Å². The Morgan fingerprint density at radius 2 is 0.692 bits per heavy atom. The molecule has 78 heavy (non-hydrogen) atoms. The Kier molecular flexibility index (Phi) is 17.1. The van der Waals surface area contributed by atoms with E-state index in [-0.39, 0.29) is 108 Å². The van der Waals surface area contributed by atoms with Crippen LogP contribution in [0.2, 0.25) is 0 Å². The Balaban J connectivity index is 1.43. The molecule has 23 nitrogen and oxygen atoms in total. The minimum Gasteiger partial charge on any atom is -0.507 e. The average Bonchev–Trinajstić information content (AvgIpc) is 3.55. The summed E-state index contributed by atoms with van der Waals surface area (Å²) in [6, 6.07) is 16.1. The van der Waals surface area contributed by atoms with Gasteiger partial charge in [0.05, 0.1) is 108 Å². The topological polar surface area (TPSA) is 266 Å². The first-order valence-electron chi connectivity index (χ1n) is 22.6. The molecule has 6 aromatic carbocycles. The number of carbonyl (C=O) groups is 4. The second-order valence-electron chi connectivity index (χ2n) is 15.8. The fourth-order valence-electron chi connectivity index (χ4n) is 7.84. The number of phenolic OH excluding ortho intramolecular Hbond substituents is 1. The standard InChI is InChI=1S/C55H50O23/c1-62-36-16-27(17-37(63-2)47(36)70-9)52(58)74-31-24-32(56)44-35(25-31)75-46(51(45(44)57)78-55(61)30-22-42(68-7)50(73-12)43(23-30)69-8)26-13-14-33(76-53(59)28-18-38(64-3)48(71-10)39(19-28)65-4)34(15-26)77-54(60)29-20-40(66-5)49(72-11)41(21-29)67-6/h13-25,56H,1-12H3. The zero-order valence-electron chi connectivity index (χ0n) is 43.9. The van der Waals surface area contributed by atoms with E-state index in [1.54, 1.807) is 0 Å². The van der Waals surface area contributed by atoms with Crippen LogP contribution in [0, 0.1) is 0 Å². The van der Waals surface area contributed by atoms with Gasteiger partial charge in [0.25, 0.3) is 0 Å². The molecule has 1 heterocycles. The summed E-state index contributed by atoms with van der Waals surface area (Å²) in [7, 11) is 16.2. The monoisotopic (exact) mass is 1080 g/mol. The van der Waals surface area contributed by atoms with Crippen molar-refractivity contribution >= 4 is 34.8 Å². The molecule has 1 N–H and O–H groups in total. The van der Waals surface area contributed by atoms with Gasteiger partial charge < -0.3 is 85.3 Å². The van der Waals surface area contributed by atoms with Crippen molar-refractivity contribution in [3.05, 3.63) is 111 Å². The highest BCUT2D eigenvalue weighted by atomic mass is 16.6. The predicted molar refractivity (Wildman–Crippen MR) is 274 cm³/mol. The maximum absolute atomic E-state index is 14.8. The van der Waals surface area contributed by atoms with Crippen molar-refractivity contribution < 1.29 is 104 Å². The zero-order valence-corrected chi connectivity index (χ0v) is 43.9. The van der Waals surface area contributed by atoms with E-state index in [0.29, 0.717) is 0 Å². The van der Waals surface area contributed by atoms with Gasteiger partial charge in [-0.25, -0.2) is 19.2 Å². The van der Waals surface area contributed by atoms with Crippen molar-refractivity contribution in [1.29, 1.82) is 0 Å². The molecule has 0 aliphatic carbocycles. The highest BCUT2D eigenvalue weighted by Crippen LogP contribution is 2.45. The van der Waals surface area contributed by atoms with E-state index in [9.17, 15) is 29.1 Å². The van der Waals surface area contributed by atoms with Gasteiger partial charge in [0.2, 0.25) is 34.2 Å². The number of phenols is 1. The number of aromatic hydroxyl groups is 1. The van der Waals surface area contributed by atoms with Gasteiger partial charge in [-0.05, 0) is 66.7 Å². The van der Waals surface area contributed by atoms with E-state index >= 15 is 0 Å². The van der Waals surface area contributed by atoms with Crippen molar-refractivity contribution in [3.63, 3.8) is 0 Å². The molecule has 23 heteroatoms. The third-order valence-electron chi connectivity index (χ3n) is 11.5. The Labute approximate surface area is 443 Å². The van der Waals surface area contributed by atoms with Crippen LogP contribution >= 0.6 is 0 Å². The zero-order chi connectivity index (χ0) is 56.5. The number of fused-ring (bicyclic) bond motifs is 1. The van der Waals surface area contributed by atoms with Crippen molar-refractivity contribution in [2.24, 2.45) is 0 Å². The van der Waals surface area contributed by atoms with Gasteiger partial charge in [-0.1, -0.05) is 0 Å². The van der Waals surface area contributed by atoms with Crippen LogP contribution in [-0.2, 0) is 0 Å². The van der Waals surface area contributed by atoms with Crippen LogP contribution in [0.3, 0.4) is 0 Å². The minimum atomic E-state index is -1.16. The van der Waals surface area contributed by atoms with E-state index in [2.05, 4.69) is 0 Å². The SMILES string of the molecule is COc1cc(C(=O)Oc2cc(O)c3c(=O)c(OC(=O)c4cc(OC)c(OC)c(OC)c4)c(-c4ccc(OC(=O)c5cc(OC)c(OC)c(OC)c5)c(OC(=O)c5cc(OC)c(OC)c(OC)c5)c4)oc3c2)cc(OC)c1OC. The van der Waals surface area contributed by atoms with Crippen LogP contribution in [0.5, 0.6) is 97.7 Å². The predicted octanol–water partition coefficient (Wildman–Crippen LogP) is 8.15. The number of rotatable bonds is 21. The van der Waals surface area contributed by atoms with Crippen LogP contribution in [0.1, 0.15) is 41.4 Å². The maximum Gasteiger partial charge on any atom is 0.344 e. The summed E-state index contributed by atoms with van der Waals surface area (Å²) in [6.07, 6.45) is 0. The molecule has 0 fully saturated rings. The van der Waals surface area contributed by atoms with Crippen molar-refractivity contribution in [2.75, 3.05) is 85.3 Å². The summed E-state index contributed by atoms with van der Waals surface area (Å²) >= 11 is 0. The van der Waals surface area contributed by atoms with Gasteiger partial charge in [0.1, 0.15) is 22.5 Å². The summed E-state index contributed by atoms with van der Waals surface area (Å²) < 4.78 is 94.6. The number of ether oxygens (including phenoxy) is 16. The number of methoxy groups -OCH3 is 12. The number of esters is 4. The Hall–Kier alpha value is -10.2. The lowest BCUT2D eigenvalue weighted by Crippen LogP contribution is -2.17. The number of benzene rings is 6. The maximum atomic E-state index is 14.8. The van der Waals surface area contributed by atoms with Crippen LogP contribution < -0.4 is 81.2 Å². The summed E-state index contributed by atoms with van der Waals surface area (Å²) in [5, 5.41) is 11.0. The molecule has 408 valence electrons. The highest BCUT2D eigenvalue weighted by molar-refractivity contribution is 5.98. The number of carbonyl (C=O) groups excluding carboxylic acids is 4. The third-order valence-corrected chi connectivity index (χ3v) is 11.5. The van der Waals surface area contributed by atoms with E-state index in [1.807, 2.05) is 0 Å². The molecule has 7 aromatic rings. The smallest absolute Gasteiger partial charge is 0.344 e. The summed E-state index contributed by atoms with van der Waals surface area (Å²) in [4.78, 5) is 71.0. The van der Waals surface area contributed by atoms with Crippen LogP contribution in [0.25, 0.3) is 22.3 Å². The second-order valence-corrected chi connectivity index (χ2v) is 15.8. The number of hydrogen-bond donors (Lipinski definition) is 1. The van der Waals surface area contributed by atoms with Crippen LogP contribution in [0.4, 0.5) is 0 Å². The highest BCUT2D eigenvalue weighted by Gasteiger charge is 2.29. The molecule has 0 aliphatic heterocycles. The summed E-state index contributed by atoms with van der Waals surface area (Å²) in [5.41, 5.74) is -2.22. The van der Waals surface area contributed by atoms with Crippen molar-refractivity contribution in [1.82, 2.24) is 0 Å². The molecule has 0 unspecified atom stereocenters. The Morgan fingerprint density at radius 1 is 0.359 bits per heavy atom. The molecule has 0 saturated heterocycles. The third kappa shape index (κ3) is 11.0. The fourth-order valence-corrected chi connectivity index (χ4v) is 7.84. The fraction of sp³-hybridized carbons (Fsp3) is 0.218. The van der Waals surface area contributed by atoms with Gasteiger partial charge in [-0.15, -0.1) is 0 Å². The first kappa shape index (κ1) is 55.6. The molecular formula is C55H50O23. The molecule has 7 rings (SSSR count). The first-order chi connectivity index (χ1) is 37.6. The van der Waals surface area contributed by atoms with Crippen molar-refractivity contribution in [2.45, 2.75) is 0 Å². The summed E-state index contributed by atoms with van der Waals surface area (Å²) in [6.45, 7) is 0. The molecule has 1 aromatic heterocycles. The van der Waals surface area contributed by atoms with E-state index in [4.69, 9.17) is 80.2 Å². The lowest BCUT2D eigenvalue weighted by Gasteiger charge is -2.17. The Morgan fingerprint density at radius 3 is 1.04 bits per heavy atom. The number of hydrogen-bond acceptors (Lipinski definition) is 23. The van der Waals surface area contributed by atoms with E-state index in [1.165, 1.54) is 146 Å². The molecule has 0 radical (unpaired) electrons. The molecular weight excluding hydrogens is 1030 g/mol. The summed E-state index contributed by atoms with van der Waals surface area (Å²) in [5.74, 6) is -6.11. The minimum absolute atomic E-state index is 0.0519. The van der Waals surface area contributed by atoms with E-state index < -0.39 is 63.3 Å². The van der Waals surface area contributed by atoms with Gasteiger partial charge in [-0.3, -0.25) is 4.79 Å². The second kappa shape index (κ2) is 24.0. The molecule has 0 atom stereocenters. The molecule has 0 amide bonds. The molecule has 0 saturated carbocycles. The van der Waals surface area contributed by atoms with Crippen LogP contribution in [0.15, 0.2) is 88.1 Å². The lowest BCUT2D eigenvalue weighted by molar-refractivity contribution is 0.0681. The quantitative estimate of drug-likeness (QED) is 0.0525. The van der Waals surface area contributed by atoms with Gasteiger partial charge in [0.15, 0.2) is 63.3 Å². The van der Waals surface area contributed by atoms with Crippen molar-refractivity contribution in [3.8, 4) is 109 Å². The van der Waals surface area contributed by atoms with Gasteiger partial charge >= 0.3 is 23.9 Å². The van der Waals surface area contributed by atoms with Gasteiger partial charge in [-0.2, -0.15) is 0 Å². The van der Waals surface area contributed by atoms with E-state index in [0.717, 1.165) is 18.2 Å². The largest absolute Gasteiger partial charge is 0.507 e.